The lowest BCUT2D eigenvalue weighted by Gasteiger charge is -2.12. The Kier molecular flexibility index (Phi) is 2.46. The van der Waals surface area contributed by atoms with E-state index in [1.807, 2.05) is 0 Å². The Balaban J connectivity index is 3.31. The molecule has 0 saturated carbocycles. The first kappa shape index (κ1) is 10.5. The second-order valence-corrected chi connectivity index (χ2v) is 2.56. The van der Waals surface area contributed by atoms with Crippen molar-refractivity contribution >= 4 is 5.91 Å². The lowest BCUT2D eigenvalue weighted by Crippen LogP contribution is -2.33. The van der Waals surface area contributed by atoms with Crippen molar-refractivity contribution in [1.82, 2.24) is 0 Å². The van der Waals surface area contributed by atoms with Crippen molar-refractivity contribution in [3.63, 3.8) is 0 Å². The van der Waals surface area contributed by atoms with E-state index in [0.29, 0.717) is 12.1 Å². The van der Waals surface area contributed by atoms with Gasteiger partial charge in [0.15, 0.2) is 0 Å². The first-order valence-electron chi connectivity index (χ1n) is 3.49. The largest absolute Gasteiger partial charge is 0.364 e. The van der Waals surface area contributed by atoms with Gasteiger partial charge in [-0.2, -0.15) is 8.78 Å². The van der Waals surface area contributed by atoms with E-state index in [-0.39, 0.29) is 6.07 Å². The summed E-state index contributed by atoms with van der Waals surface area (Å²) in [7, 11) is 0. The number of carbonyl (C=O) groups excluding carboxylic acids is 1. The van der Waals surface area contributed by atoms with Crippen LogP contribution in [0.2, 0.25) is 0 Å². The Bertz CT molecular complexity index is 378. The molecule has 1 aromatic carbocycles. The predicted octanol–water partition coefficient (Wildman–Crippen LogP) is 1.54. The molecule has 0 aromatic heterocycles. The number of benzene rings is 1. The molecule has 1 amide bonds. The smallest absolute Gasteiger partial charge is 0.352 e. The van der Waals surface area contributed by atoms with Crippen LogP contribution in [0, 0.1) is 11.6 Å². The van der Waals surface area contributed by atoms with Gasteiger partial charge in [0.2, 0.25) is 0 Å². The predicted molar refractivity (Wildman–Crippen MR) is 39.4 cm³/mol. The van der Waals surface area contributed by atoms with Gasteiger partial charge in [0.25, 0.3) is 5.91 Å². The van der Waals surface area contributed by atoms with E-state index < -0.39 is 29.0 Å². The minimum atomic E-state index is -4.20. The lowest BCUT2D eigenvalue weighted by atomic mass is 10.1. The molecule has 6 heteroatoms. The third kappa shape index (κ3) is 1.68. The zero-order valence-electron chi connectivity index (χ0n) is 6.73. The van der Waals surface area contributed by atoms with E-state index in [1.54, 1.807) is 0 Å². The zero-order valence-corrected chi connectivity index (χ0v) is 6.73. The van der Waals surface area contributed by atoms with Crippen molar-refractivity contribution in [2.24, 2.45) is 5.73 Å². The molecule has 14 heavy (non-hydrogen) atoms. The Hall–Kier alpha value is -1.59. The molecule has 0 fully saturated rings. The number of nitrogens with two attached hydrogens (primary N) is 1. The van der Waals surface area contributed by atoms with Gasteiger partial charge in [0, 0.05) is 0 Å². The summed E-state index contributed by atoms with van der Waals surface area (Å²) in [6.07, 6.45) is 0. The van der Waals surface area contributed by atoms with Crippen molar-refractivity contribution in [2.75, 3.05) is 0 Å². The van der Waals surface area contributed by atoms with Crippen LogP contribution >= 0.6 is 0 Å². The maximum absolute atomic E-state index is 12.8. The van der Waals surface area contributed by atoms with Crippen molar-refractivity contribution in [3.05, 3.63) is 35.4 Å². The van der Waals surface area contributed by atoms with Crippen molar-refractivity contribution in [1.29, 1.82) is 0 Å². The molecular formula is C8H5F4NO. The van der Waals surface area contributed by atoms with Gasteiger partial charge in [-0.3, -0.25) is 4.79 Å². The van der Waals surface area contributed by atoms with Crippen LogP contribution in [-0.4, -0.2) is 5.91 Å². The highest BCUT2D eigenvalue weighted by Crippen LogP contribution is 2.29. The molecule has 0 saturated heterocycles. The maximum atomic E-state index is 12.8. The molecule has 0 aliphatic carbocycles. The summed E-state index contributed by atoms with van der Waals surface area (Å²) in [5.41, 5.74) is 2.99. The summed E-state index contributed by atoms with van der Waals surface area (Å²) in [4.78, 5) is 10.3. The standard InChI is InChI=1S/C8H5F4NO/c9-4-1-2-6(10)5(3-4)8(11,12)7(13)14/h1-3H,(H2,13,14). The molecule has 0 aliphatic heterocycles. The lowest BCUT2D eigenvalue weighted by molar-refractivity contribution is -0.143. The molecule has 0 heterocycles. The third-order valence-electron chi connectivity index (χ3n) is 1.58. The summed E-state index contributed by atoms with van der Waals surface area (Å²) >= 11 is 0. The number of alkyl halides is 2. The quantitative estimate of drug-likeness (QED) is 0.734. The Morgan fingerprint density at radius 1 is 1.29 bits per heavy atom. The topological polar surface area (TPSA) is 43.1 Å². The molecule has 2 N–H and O–H groups in total. The van der Waals surface area contributed by atoms with Crippen LogP contribution in [0.3, 0.4) is 0 Å². The highest BCUT2D eigenvalue weighted by molar-refractivity contribution is 5.83. The SMILES string of the molecule is NC(=O)C(F)(F)c1cc(F)ccc1F. The van der Waals surface area contributed by atoms with Crippen LogP contribution in [-0.2, 0) is 10.7 Å². The van der Waals surface area contributed by atoms with Gasteiger partial charge in [0.1, 0.15) is 11.6 Å². The molecule has 1 rings (SSSR count). The monoisotopic (exact) mass is 207 g/mol. The van der Waals surface area contributed by atoms with Crippen LogP contribution in [0.25, 0.3) is 0 Å². The molecule has 2 nitrogen and oxygen atoms in total. The van der Waals surface area contributed by atoms with Crippen LogP contribution in [0.5, 0.6) is 0 Å². The highest BCUT2D eigenvalue weighted by atomic mass is 19.3. The highest BCUT2D eigenvalue weighted by Gasteiger charge is 2.41. The van der Waals surface area contributed by atoms with E-state index in [9.17, 15) is 22.4 Å². The third-order valence-corrected chi connectivity index (χ3v) is 1.58. The fourth-order valence-electron chi connectivity index (χ4n) is 0.871. The summed E-state index contributed by atoms with van der Waals surface area (Å²) in [5.74, 6) is -8.67. The second-order valence-electron chi connectivity index (χ2n) is 2.56. The zero-order chi connectivity index (χ0) is 10.9. The Morgan fingerprint density at radius 2 is 1.86 bits per heavy atom. The molecule has 1 aromatic rings. The van der Waals surface area contributed by atoms with Gasteiger partial charge in [-0.25, -0.2) is 8.78 Å². The fraction of sp³-hybridized carbons (Fsp3) is 0.125. The first-order chi connectivity index (χ1) is 6.35. The molecule has 0 spiro atoms. The minimum Gasteiger partial charge on any atom is -0.364 e. The van der Waals surface area contributed by atoms with Crippen molar-refractivity contribution < 1.29 is 22.4 Å². The van der Waals surface area contributed by atoms with E-state index in [2.05, 4.69) is 5.73 Å². The van der Waals surface area contributed by atoms with Crippen LogP contribution < -0.4 is 5.73 Å². The van der Waals surface area contributed by atoms with Gasteiger partial charge in [-0.05, 0) is 18.2 Å². The maximum Gasteiger partial charge on any atom is 0.352 e. The number of rotatable bonds is 2. The molecule has 0 aliphatic rings. The molecule has 76 valence electrons. The Labute approximate surface area is 76.3 Å². The normalized spacial score (nSPS) is 11.4. The molecular weight excluding hydrogens is 202 g/mol. The van der Waals surface area contributed by atoms with Gasteiger partial charge < -0.3 is 5.73 Å². The molecule has 0 unspecified atom stereocenters. The molecule has 0 radical (unpaired) electrons. The summed E-state index contributed by atoms with van der Waals surface area (Å²) in [5, 5.41) is 0. The Morgan fingerprint density at radius 3 is 2.36 bits per heavy atom. The minimum absolute atomic E-state index is 0.236. The molecule has 0 bridgehead atoms. The van der Waals surface area contributed by atoms with Gasteiger partial charge >= 0.3 is 5.92 Å². The summed E-state index contributed by atoms with van der Waals surface area (Å²) < 4.78 is 50.9. The van der Waals surface area contributed by atoms with E-state index in [4.69, 9.17) is 0 Å². The summed E-state index contributed by atoms with van der Waals surface area (Å²) in [6.45, 7) is 0. The summed E-state index contributed by atoms with van der Waals surface area (Å²) in [6, 6.07) is 1.40. The number of hydrogen-bond acceptors (Lipinski definition) is 1. The number of carbonyl (C=O) groups is 1. The average Bonchev–Trinajstić information content (AvgIpc) is 2.08. The fourth-order valence-corrected chi connectivity index (χ4v) is 0.871. The van der Waals surface area contributed by atoms with Crippen molar-refractivity contribution in [2.45, 2.75) is 5.92 Å². The van der Waals surface area contributed by atoms with Crippen molar-refractivity contribution in [3.8, 4) is 0 Å². The van der Waals surface area contributed by atoms with Gasteiger partial charge in [0.05, 0.1) is 5.56 Å². The van der Waals surface area contributed by atoms with Crippen LogP contribution in [0.15, 0.2) is 18.2 Å². The van der Waals surface area contributed by atoms with E-state index >= 15 is 0 Å². The van der Waals surface area contributed by atoms with E-state index in [1.165, 1.54) is 0 Å². The number of primary amides is 1. The average molecular weight is 207 g/mol. The van der Waals surface area contributed by atoms with Crippen LogP contribution in [0.4, 0.5) is 17.6 Å². The second kappa shape index (κ2) is 3.28. The number of hydrogen-bond donors (Lipinski definition) is 1. The number of halogens is 4. The van der Waals surface area contributed by atoms with Gasteiger partial charge in [-0.15, -0.1) is 0 Å². The van der Waals surface area contributed by atoms with E-state index in [0.717, 1.165) is 0 Å². The van der Waals surface area contributed by atoms with Gasteiger partial charge in [-0.1, -0.05) is 0 Å². The first-order valence-corrected chi connectivity index (χ1v) is 3.49. The molecule has 0 atom stereocenters. The number of amides is 1. The van der Waals surface area contributed by atoms with Crippen LogP contribution in [0.1, 0.15) is 5.56 Å².